The van der Waals surface area contributed by atoms with Crippen LogP contribution >= 0.6 is 0 Å². The van der Waals surface area contributed by atoms with Gasteiger partial charge in [-0.2, -0.15) is 0 Å². The Labute approximate surface area is 133 Å². The fourth-order valence-electron chi connectivity index (χ4n) is 3.65. The number of aryl methyl sites for hydroxylation is 1. The second kappa shape index (κ2) is 6.16. The van der Waals surface area contributed by atoms with Crippen molar-refractivity contribution < 1.29 is 8.42 Å². The first-order valence-electron chi connectivity index (χ1n) is 8.16. The summed E-state index contributed by atoms with van der Waals surface area (Å²) in [6, 6.07) is 4.05. The summed E-state index contributed by atoms with van der Waals surface area (Å²) in [5, 5.41) is 3.00. The lowest BCUT2D eigenvalue weighted by molar-refractivity contribution is 0.460. The van der Waals surface area contributed by atoms with Crippen molar-refractivity contribution in [3.63, 3.8) is 0 Å². The molecule has 1 atom stereocenters. The molecule has 3 rings (SSSR count). The highest BCUT2D eigenvalue weighted by molar-refractivity contribution is 7.89. The minimum atomic E-state index is -3.12. The summed E-state index contributed by atoms with van der Waals surface area (Å²) < 4.78 is 27.1. The SMILES string of the molecule is CNc1cc(C)nc([C@H]2CCN(S(=O)(=O)C3CCCC3)C2)c1. The Morgan fingerprint density at radius 2 is 1.95 bits per heavy atom. The van der Waals surface area contributed by atoms with Gasteiger partial charge in [-0.1, -0.05) is 12.8 Å². The summed E-state index contributed by atoms with van der Waals surface area (Å²) in [6.07, 6.45) is 4.62. The molecule has 0 unspecified atom stereocenters. The zero-order valence-electron chi connectivity index (χ0n) is 13.4. The van der Waals surface area contributed by atoms with Crippen LogP contribution in [0.2, 0.25) is 0 Å². The Hall–Kier alpha value is -1.14. The molecule has 1 saturated heterocycles. The average molecular weight is 323 g/mol. The van der Waals surface area contributed by atoms with Gasteiger partial charge in [0.15, 0.2) is 0 Å². The summed E-state index contributed by atoms with van der Waals surface area (Å²) in [5.41, 5.74) is 3.02. The van der Waals surface area contributed by atoms with Crippen molar-refractivity contribution in [2.24, 2.45) is 0 Å². The molecule has 0 aromatic carbocycles. The van der Waals surface area contributed by atoms with Crippen LogP contribution in [-0.2, 0) is 10.0 Å². The van der Waals surface area contributed by atoms with Gasteiger partial charge < -0.3 is 5.32 Å². The predicted octanol–water partition coefficient (Wildman–Crippen LogP) is 2.49. The molecule has 6 heteroatoms. The fraction of sp³-hybridized carbons (Fsp3) is 0.688. The van der Waals surface area contributed by atoms with Crippen molar-refractivity contribution in [2.75, 3.05) is 25.5 Å². The number of nitrogens with zero attached hydrogens (tertiary/aromatic N) is 2. The largest absolute Gasteiger partial charge is 0.388 e. The standard InChI is InChI=1S/C16H25N3O2S/c1-12-9-14(17-2)10-16(18-12)13-7-8-19(11-13)22(20,21)15-5-3-4-6-15/h9-10,13,15H,3-8,11H2,1-2H3,(H,17,18)/t13-/m0/s1. The predicted molar refractivity (Wildman–Crippen MR) is 88.6 cm³/mol. The van der Waals surface area contributed by atoms with E-state index in [4.69, 9.17) is 0 Å². The van der Waals surface area contributed by atoms with Crippen LogP contribution in [0.1, 0.15) is 49.4 Å². The van der Waals surface area contributed by atoms with Crippen LogP contribution in [0.15, 0.2) is 12.1 Å². The minimum Gasteiger partial charge on any atom is -0.388 e. The van der Waals surface area contributed by atoms with Gasteiger partial charge in [0.05, 0.1) is 5.25 Å². The third-order valence-electron chi connectivity index (χ3n) is 4.91. The zero-order valence-corrected chi connectivity index (χ0v) is 14.2. The Bertz CT molecular complexity index is 639. The monoisotopic (exact) mass is 323 g/mol. The Morgan fingerprint density at radius 1 is 1.23 bits per heavy atom. The van der Waals surface area contributed by atoms with Crippen LogP contribution in [0.5, 0.6) is 0 Å². The minimum absolute atomic E-state index is 0.149. The summed E-state index contributed by atoms with van der Waals surface area (Å²) in [7, 11) is -1.22. The van der Waals surface area contributed by atoms with E-state index in [1.165, 1.54) is 0 Å². The number of nitrogens with one attached hydrogen (secondary N) is 1. The summed E-state index contributed by atoms with van der Waals surface area (Å²) in [4.78, 5) is 4.62. The van der Waals surface area contributed by atoms with Gasteiger partial charge in [0.1, 0.15) is 0 Å². The first kappa shape index (κ1) is 15.7. The molecule has 22 heavy (non-hydrogen) atoms. The molecule has 1 N–H and O–H groups in total. The molecule has 0 spiro atoms. The van der Waals surface area contributed by atoms with E-state index in [-0.39, 0.29) is 11.2 Å². The van der Waals surface area contributed by atoms with Crippen molar-refractivity contribution in [3.05, 3.63) is 23.5 Å². The molecule has 1 saturated carbocycles. The van der Waals surface area contributed by atoms with Gasteiger partial charge in [-0.3, -0.25) is 4.98 Å². The number of aromatic nitrogens is 1. The maximum Gasteiger partial charge on any atom is 0.217 e. The molecule has 2 fully saturated rings. The van der Waals surface area contributed by atoms with Crippen molar-refractivity contribution in [2.45, 2.75) is 50.2 Å². The third-order valence-corrected chi connectivity index (χ3v) is 7.28. The highest BCUT2D eigenvalue weighted by atomic mass is 32.2. The second-order valence-corrected chi connectivity index (χ2v) is 8.68. The van der Waals surface area contributed by atoms with Crippen LogP contribution in [0, 0.1) is 6.92 Å². The van der Waals surface area contributed by atoms with E-state index in [9.17, 15) is 8.42 Å². The third kappa shape index (κ3) is 2.99. The van der Waals surface area contributed by atoms with Gasteiger partial charge in [-0.05, 0) is 38.3 Å². The van der Waals surface area contributed by atoms with E-state index in [0.29, 0.717) is 13.1 Å². The quantitative estimate of drug-likeness (QED) is 0.925. The van der Waals surface area contributed by atoms with Gasteiger partial charge >= 0.3 is 0 Å². The molecule has 0 radical (unpaired) electrons. The summed E-state index contributed by atoms with van der Waals surface area (Å²) >= 11 is 0. The number of hydrogen-bond acceptors (Lipinski definition) is 4. The number of anilines is 1. The molecule has 1 aromatic heterocycles. The van der Waals surface area contributed by atoms with Crippen molar-refractivity contribution in [1.29, 1.82) is 0 Å². The van der Waals surface area contributed by atoms with Crippen LogP contribution in [0.3, 0.4) is 0 Å². The van der Waals surface area contributed by atoms with E-state index in [1.807, 2.05) is 26.1 Å². The molecule has 2 aliphatic rings. The highest BCUT2D eigenvalue weighted by Crippen LogP contribution is 2.34. The van der Waals surface area contributed by atoms with Gasteiger partial charge in [0.2, 0.25) is 10.0 Å². The van der Waals surface area contributed by atoms with Gasteiger partial charge in [0, 0.05) is 43.1 Å². The average Bonchev–Trinajstić information content (AvgIpc) is 3.18. The molecule has 122 valence electrons. The molecule has 2 heterocycles. The van der Waals surface area contributed by atoms with Crippen molar-refractivity contribution in [1.82, 2.24) is 9.29 Å². The molecular weight excluding hydrogens is 298 g/mol. The number of pyridine rings is 1. The van der Waals surface area contributed by atoms with Crippen LogP contribution in [0.4, 0.5) is 5.69 Å². The lowest BCUT2D eigenvalue weighted by Crippen LogP contribution is -2.36. The number of rotatable bonds is 4. The van der Waals surface area contributed by atoms with E-state index in [2.05, 4.69) is 10.3 Å². The normalized spacial score (nSPS) is 24.0. The Kier molecular flexibility index (Phi) is 4.41. The topological polar surface area (TPSA) is 62.3 Å². The van der Waals surface area contributed by atoms with E-state index < -0.39 is 10.0 Å². The van der Waals surface area contributed by atoms with E-state index >= 15 is 0 Å². The number of hydrogen-bond donors (Lipinski definition) is 1. The first-order chi connectivity index (χ1) is 10.5. The molecular formula is C16H25N3O2S. The van der Waals surface area contributed by atoms with Gasteiger partial charge in [0.25, 0.3) is 0 Å². The molecule has 1 aromatic rings. The lowest BCUT2D eigenvalue weighted by Gasteiger charge is -2.21. The maximum absolute atomic E-state index is 12.7. The van der Waals surface area contributed by atoms with Crippen LogP contribution < -0.4 is 5.32 Å². The Balaban J connectivity index is 1.76. The van der Waals surface area contributed by atoms with E-state index in [1.54, 1.807) is 4.31 Å². The number of sulfonamides is 1. The first-order valence-corrected chi connectivity index (χ1v) is 9.66. The second-order valence-electron chi connectivity index (χ2n) is 6.47. The zero-order chi connectivity index (χ0) is 15.7. The Morgan fingerprint density at radius 3 is 2.64 bits per heavy atom. The molecule has 0 amide bonds. The molecule has 1 aliphatic heterocycles. The maximum atomic E-state index is 12.7. The smallest absolute Gasteiger partial charge is 0.217 e. The summed E-state index contributed by atoms with van der Waals surface area (Å²) in [6.45, 7) is 3.19. The van der Waals surface area contributed by atoms with Gasteiger partial charge in [-0.15, -0.1) is 0 Å². The molecule has 1 aliphatic carbocycles. The van der Waals surface area contributed by atoms with Crippen LogP contribution in [-0.4, -0.2) is 43.1 Å². The summed E-state index contributed by atoms with van der Waals surface area (Å²) in [5.74, 6) is 0.211. The van der Waals surface area contributed by atoms with Crippen LogP contribution in [0.25, 0.3) is 0 Å². The molecule has 5 nitrogen and oxygen atoms in total. The lowest BCUT2D eigenvalue weighted by atomic mass is 10.0. The van der Waals surface area contributed by atoms with E-state index in [0.717, 1.165) is 49.2 Å². The van der Waals surface area contributed by atoms with Crippen molar-refractivity contribution in [3.8, 4) is 0 Å². The molecule has 0 bridgehead atoms. The highest BCUT2D eigenvalue weighted by Gasteiger charge is 2.38. The van der Waals surface area contributed by atoms with Crippen molar-refractivity contribution >= 4 is 15.7 Å². The van der Waals surface area contributed by atoms with Gasteiger partial charge in [-0.25, -0.2) is 12.7 Å². The fourth-order valence-corrected chi connectivity index (χ4v) is 5.74.